The molecule has 62 valence electrons. The van der Waals surface area contributed by atoms with Crippen LogP contribution >= 0.6 is 38.5 Å². The normalized spacial score (nSPS) is 9.50. The molecule has 4 heteroatoms. The molecular formula is C8H6BrIN2. The first-order valence-corrected chi connectivity index (χ1v) is 5.15. The van der Waals surface area contributed by atoms with Crippen LogP contribution in [0.3, 0.4) is 0 Å². The highest BCUT2D eigenvalue weighted by Gasteiger charge is 2.07. The second-order valence-corrected chi connectivity index (χ2v) is 4.17. The minimum absolute atomic E-state index is 0.451. The molecule has 0 aromatic heterocycles. The second kappa shape index (κ2) is 4.21. The molecule has 0 bridgehead atoms. The lowest BCUT2D eigenvalue weighted by Crippen LogP contribution is -1.99. The zero-order valence-corrected chi connectivity index (χ0v) is 9.89. The SMILES string of the molecule is N#Cc1c(I)ccc(CN)c1Br. The van der Waals surface area contributed by atoms with E-state index < -0.39 is 0 Å². The Bertz CT molecular complexity index is 344. The quantitative estimate of drug-likeness (QED) is 0.800. The van der Waals surface area contributed by atoms with Crippen LogP contribution in [0.1, 0.15) is 11.1 Å². The van der Waals surface area contributed by atoms with Gasteiger partial charge in [0.1, 0.15) is 6.07 Å². The maximum absolute atomic E-state index is 8.79. The van der Waals surface area contributed by atoms with Gasteiger partial charge in [0.05, 0.1) is 5.56 Å². The van der Waals surface area contributed by atoms with Crippen molar-refractivity contribution in [3.05, 3.63) is 31.3 Å². The first-order valence-electron chi connectivity index (χ1n) is 3.27. The fraction of sp³-hybridized carbons (Fsp3) is 0.125. The number of benzene rings is 1. The number of nitrogens with two attached hydrogens (primary N) is 1. The minimum Gasteiger partial charge on any atom is -0.326 e. The molecule has 12 heavy (non-hydrogen) atoms. The minimum atomic E-state index is 0.451. The summed E-state index contributed by atoms with van der Waals surface area (Å²) in [6.07, 6.45) is 0. The molecule has 0 spiro atoms. The van der Waals surface area contributed by atoms with E-state index in [1.54, 1.807) is 0 Å². The number of nitrogens with zero attached hydrogens (tertiary/aromatic N) is 1. The lowest BCUT2D eigenvalue weighted by Gasteiger charge is -2.03. The Morgan fingerprint density at radius 2 is 2.25 bits per heavy atom. The summed E-state index contributed by atoms with van der Waals surface area (Å²) < 4.78 is 1.76. The van der Waals surface area contributed by atoms with Crippen LogP contribution in [0.25, 0.3) is 0 Å². The van der Waals surface area contributed by atoms with Crippen molar-refractivity contribution in [1.82, 2.24) is 0 Å². The number of halogens is 2. The molecular weight excluding hydrogens is 331 g/mol. The van der Waals surface area contributed by atoms with Crippen LogP contribution in [0, 0.1) is 14.9 Å². The summed E-state index contributed by atoms with van der Waals surface area (Å²) in [5.74, 6) is 0. The van der Waals surface area contributed by atoms with Crippen molar-refractivity contribution in [2.24, 2.45) is 5.73 Å². The average Bonchev–Trinajstić information content (AvgIpc) is 2.06. The van der Waals surface area contributed by atoms with Gasteiger partial charge in [-0.05, 0) is 50.2 Å². The van der Waals surface area contributed by atoms with E-state index in [0.29, 0.717) is 12.1 Å². The molecule has 0 aliphatic rings. The van der Waals surface area contributed by atoms with Crippen molar-refractivity contribution >= 4 is 38.5 Å². The van der Waals surface area contributed by atoms with Crippen LogP contribution in [0.2, 0.25) is 0 Å². The van der Waals surface area contributed by atoms with Crippen LogP contribution in [0.5, 0.6) is 0 Å². The standard InChI is InChI=1S/C8H6BrIN2/c9-8-5(3-11)1-2-7(10)6(8)4-12/h1-2H,3,11H2. The van der Waals surface area contributed by atoms with Gasteiger partial charge < -0.3 is 5.73 Å². The van der Waals surface area contributed by atoms with Gasteiger partial charge in [0, 0.05) is 14.6 Å². The first-order chi connectivity index (χ1) is 5.70. The summed E-state index contributed by atoms with van der Waals surface area (Å²) >= 11 is 5.47. The zero-order chi connectivity index (χ0) is 9.14. The van der Waals surface area contributed by atoms with Gasteiger partial charge in [0.25, 0.3) is 0 Å². The van der Waals surface area contributed by atoms with Gasteiger partial charge in [-0.3, -0.25) is 0 Å². The summed E-state index contributed by atoms with van der Waals surface area (Å²) in [4.78, 5) is 0. The van der Waals surface area contributed by atoms with Gasteiger partial charge in [-0.2, -0.15) is 5.26 Å². The number of nitriles is 1. The average molecular weight is 337 g/mol. The van der Waals surface area contributed by atoms with E-state index in [1.807, 2.05) is 12.1 Å². The fourth-order valence-electron chi connectivity index (χ4n) is 0.856. The van der Waals surface area contributed by atoms with E-state index in [2.05, 4.69) is 44.6 Å². The molecule has 0 unspecified atom stereocenters. The van der Waals surface area contributed by atoms with Crippen molar-refractivity contribution in [3.8, 4) is 6.07 Å². The lowest BCUT2D eigenvalue weighted by molar-refractivity contribution is 1.06. The molecule has 1 rings (SSSR count). The first kappa shape index (κ1) is 9.96. The predicted octanol–water partition coefficient (Wildman–Crippen LogP) is 2.38. The van der Waals surface area contributed by atoms with Gasteiger partial charge in [0.15, 0.2) is 0 Å². The van der Waals surface area contributed by atoms with Crippen LogP contribution in [-0.2, 0) is 6.54 Å². The third kappa shape index (κ3) is 1.79. The molecule has 1 aromatic rings. The van der Waals surface area contributed by atoms with Crippen LogP contribution < -0.4 is 5.73 Å². The maximum atomic E-state index is 8.79. The molecule has 0 atom stereocenters. The molecule has 0 saturated heterocycles. The van der Waals surface area contributed by atoms with E-state index in [4.69, 9.17) is 11.0 Å². The Morgan fingerprint density at radius 3 is 2.75 bits per heavy atom. The molecule has 0 fully saturated rings. The van der Waals surface area contributed by atoms with E-state index in [0.717, 1.165) is 13.6 Å². The molecule has 0 radical (unpaired) electrons. The van der Waals surface area contributed by atoms with Crippen LogP contribution in [-0.4, -0.2) is 0 Å². The molecule has 2 nitrogen and oxygen atoms in total. The summed E-state index contributed by atoms with van der Waals surface area (Å²) in [5.41, 5.74) is 7.11. The van der Waals surface area contributed by atoms with Crippen LogP contribution in [0.15, 0.2) is 16.6 Å². The number of hydrogen-bond acceptors (Lipinski definition) is 2. The Labute approximate surface area is 93.0 Å². The number of hydrogen-bond donors (Lipinski definition) is 1. The van der Waals surface area contributed by atoms with Crippen molar-refractivity contribution in [3.63, 3.8) is 0 Å². The Balaban J connectivity index is 3.36. The van der Waals surface area contributed by atoms with Crippen molar-refractivity contribution in [2.75, 3.05) is 0 Å². The maximum Gasteiger partial charge on any atom is 0.101 e. The molecule has 0 aliphatic carbocycles. The van der Waals surface area contributed by atoms with E-state index in [9.17, 15) is 0 Å². The molecule has 1 aromatic carbocycles. The zero-order valence-electron chi connectivity index (χ0n) is 6.14. The monoisotopic (exact) mass is 336 g/mol. The largest absolute Gasteiger partial charge is 0.326 e. The highest BCUT2D eigenvalue weighted by molar-refractivity contribution is 14.1. The van der Waals surface area contributed by atoms with Crippen molar-refractivity contribution < 1.29 is 0 Å². The highest BCUT2D eigenvalue weighted by Crippen LogP contribution is 2.25. The van der Waals surface area contributed by atoms with Gasteiger partial charge in [0.2, 0.25) is 0 Å². The summed E-state index contributed by atoms with van der Waals surface area (Å²) in [6, 6.07) is 5.95. The van der Waals surface area contributed by atoms with E-state index in [1.165, 1.54) is 0 Å². The third-order valence-electron chi connectivity index (χ3n) is 1.50. The topological polar surface area (TPSA) is 49.8 Å². The van der Waals surface area contributed by atoms with Gasteiger partial charge in [-0.1, -0.05) is 6.07 Å². The third-order valence-corrected chi connectivity index (χ3v) is 3.31. The Morgan fingerprint density at radius 1 is 1.58 bits per heavy atom. The lowest BCUT2D eigenvalue weighted by atomic mass is 10.1. The predicted molar refractivity (Wildman–Crippen MR) is 59.5 cm³/mol. The molecule has 0 amide bonds. The molecule has 0 saturated carbocycles. The molecule has 0 heterocycles. The van der Waals surface area contributed by atoms with Crippen LogP contribution in [0.4, 0.5) is 0 Å². The second-order valence-electron chi connectivity index (χ2n) is 2.21. The Kier molecular flexibility index (Phi) is 3.50. The van der Waals surface area contributed by atoms with E-state index >= 15 is 0 Å². The van der Waals surface area contributed by atoms with Crippen molar-refractivity contribution in [1.29, 1.82) is 5.26 Å². The van der Waals surface area contributed by atoms with Gasteiger partial charge in [-0.25, -0.2) is 0 Å². The molecule has 0 aliphatic heterocycles. The molecule has 2 N–H and O–H groups in total. The van der Waals surface area contributed by atoms with Crippen molar-refractivity contribution in [2.45, 2.75) is 6.54 Å². The highest BCUT2D eigenvalue weighted by atomic mass is 127. The fourth-order valence-corrected chi connectivity index (χ4v) is 2.39. The Hall–Kier alpha value is -0.120. The van der Waals surface area contributed by atoms with E-state index in [-0.39, 0.29) is 0 Å². The van der Waals surface area contributed by atoms with Gasteiger partial charge in [-0.15, -0.1) is 0 Å². The summed E-state index contributed by atoms with van der Waals surface area (Å²) in [6.45, 7) is 0.451. The number of rotatable bonds is 1. The summed E-state index contributed by atoms with van der Waals surface area (Å²) in [7, 11) is 0. The summed E-state index contributed by atoms with van der Waals surface area (Å²) in [5, 5.41) is 8.79. The van der Waals surface area contributed by atoms with Gasteiger partial charge >= 0.3 is 0 Å². The smallest absolute Gasteiger partial charge is 0.101 e.